The summed E-state index contributed by atoms with van der Waals surface area (Å²) in [6.45, 7) is 2.79. The van der Waals surface area contributed by atoms with Crippen LogP contribution in [0.15, 0.2) is 59.4 Å². The Morgan fingerprint density at radius 2 is 1.81 bits per heavy atom. The second kappa shape index (κ2) is 8.22. The van der Waals surface area contributed by atoms with Gasteiger partial charge in [-0.05, 0) is 48.9 Å². The number of amides is 1. The molecule has 1 aliphatic rings. The van der Waals surface area contributed by atoms with Crippen LogP contribution in [0.3, 0.4) is 0 Å². The molecule has 166 valence electrons. The number of alkyl halides is 3. The minimum absolute atomic E-state index is 0.203. The van der Waals surface area contributed by atoms with E-state index < -0.39 is 20.2 Å². The molecular formula is C20H21F3N4O3S. The molecule has 1 amide bonds. The molecule has 2 aromatic rings. The Labute approximate surface area is 178 Å². The third kappa shape index (κ3) is 4.66. The minimum Gasteiger partial charge on any atom is -0.351 e. The van der Waals surface area contributed by atoms with E-state index in [0.29, 0.717) is 24.6 Å². The number of sulfone groups is 1. The molecule has 0 spiro atoms. The first-order valence-electron chi connectivity index (χ1n) is 9.18. The van der Waals surface area contributed by atoms with E-state index in [1.165, 1.54) is 17.0 Å². The summed E-state index contributed by atoms with van der Waals surface area (Å²) in [4.78, 5) is 20.7. The normalized spacial score (nSPS) is 14.6. The van der Waals surface area contributed by atoms with Crippen molar-refractivity contribution < 1.29 is 26.4 Å². The van der Waals surface area contributed by atoms with Crippen molar-refractivity contribution in [3.8, 4) is 0 Å². The van der Waals surface area contributed by atoms with Gasteiger partial charge in [0.2, 0.25) is 0 Å². The van der Waals surface area contributed by atoms with Crippen LogP contribution in [0.4, 0.5) is 18.9 Å². The zero-order valence-corrected chi connectivity index (χ0v) is 17.9. The van der Waals surface area contributed by atoms with Gasteiger partial charge in [0.1, 0.15) is 5.69 Å². The molecule has 0 N–H and O–H groups in total. The third-order valence-electron chi connectivity index (χ3n) is 4.77. The van der Waals surface area contributed by atoms with Gasteiger partial charge in [0.15, 0.2) is 0 Å². The summed E-state index contributed by atoms with van der Waals surface area (Å²) in [6.07, 6.45) is 3.39. The fraction of sp³-hybridized carbons (Fsp3) is 0.300. The van der Waals surface area contributed by atoms with E-state index in [4.69, 9.17) is 0 Å². The summed E-state index contributed by atoms with van der Waals surface area (Å²) < 4.78 is 61.2. The van der Waals surface area contributed by atoms with Crippen molar-refractivity contribution in [1.29, 1.82) is 0 Å². The van der Waals surface area contributed by atoms with E-state index >= 15 is 0 Å². The van der Waals surface area contributed by atoms with Gasteiger partial charge < -0.3 is 14.7 Å². The van der Waals surface area contributed by atoms with Crippen LogP contribution in [-0.2, 0) is 16.4 Å². The van der Waals surface area contributed by atoms with E-state index in [1.54, 1.807) is 37.3 Å². The Morgan fingerprint density at radius 3 is 2.39 bits per heavy atom. The maximum absolute atomic E-state index is 12.7. The highest BCUT2D eigenvalue weighted by atomic mass is 32.2. The predicted molar refractivity (Wildman–Crippen MR) is 109 cm³/mol. The maximum Gasteiger partial charge on any atom is 0.501 e. The van der Waals surface area contributed by atoms with Gasteiger partial charge in [-0.25, -0.2) is 8.42 Å². The van der Waals surface area contributed by atoms with Gasteiger partial charge >= 0.3 is 5.51 Å². The van der Waals surface area contributed by atoms with Crippen LogP contribution in [0, 0.1) is 0 Å². The Hall–Kier alpha value is -3.08. The van der Waals surface area contributed by atoms with Gasteiger partial charge in [-0.2, -0.15) is 13.2 Å². The summed E-state index contributed by atoms with van der Waals surface area (Å²) in [6, 6.07) is 8.10. The number of hydrogen-bond acceptors (Lipinski definition) is 6. The Bertz CT molecular complexity index is 1110. The molecule has 0 saturated carbocycles. The van der Waals surface area contributed by atoms with Crippen LogP contribution in [0.25, 0.3) is 0 Å². The second-order valence-corrected chi connectivity index (χ2v) is 9.21. The number of nitrogens with zero attached hydrogens (tertiary/aromatic N) is 4. The monoisotopic (exact) mass is 454 g/mol. The molecule has 1 aromatic carbocycles. The molecular weight excluding hydrogens is 433 g/mol. The lowest BCUT2D eigenvalue weighted by molar-refractivity contribution is -0.0436. The fourth-order valence-corrected chi connectivity index (χ4v) is 3.83. The van der Waals surface area contributed by atoms with E-state index in [-0.39, 0.29) is 5.91 Å². The van der Waals surface area contributed by atoms with Crippen molar-refractivity contribution in [2.45, 2.75) is 23.9 Å². The van der Waals surface area contributed by atoms with Crippen LogP contribution in [0.2, 0.25) is 0 Å². The molecule has 0 atom stereocenters. The summed E-state index contributed by atoms with van der Waals surface area (Å²) in [7, 11) is -2.09. The minimum atomic E-state index is -5.38. The van der Waals surface area contributed by atoms with Crippen LogP contribution >= 0.6 is 0 Å². The smallest absolute Gasteiger partial charge is 0.351 e. The number of hydrogen-bond donors (Lipinski definition) is 0. The van der Waals surface area contributed by atoms with Crippen molar-refractivity contribution in [3.05, 3.63) is 65.7 Å². The molecule has 31 heavy (non-hydrogen) atoms. The molecule has 11 heteroatoms. The summed E-state index contributed by atoms with van der Waals surface area (Å²) in [5.41, 5.74) is -2.67. The Balaban J connectivity index is 1.73. The molecule has 1 aliphatic heterocycles. The molecule has 0 saturated heterocycles. The highest BCUT2D eigenvalue weighted by Gasteiger charge is 2.46. The Kier molecular flexibility index (Phi) is 5.99. The summed E-state index contributed by atoms with van der Waals surface area (Å²) in [5.74, 6) is -0.203. The molecule has 3 rings (SSSR count). The number of anilines is 1. The van der Waals surface area contributed by atoms with E-state index in [0.717, 1.165) is 23.4 Å². The van der Waals surface area contributed by atoms with Crippen LogP contribution in [0.1, 0.15) is 23.0 Å². The molecule has 2 heterocycles. The van der Waals surface area contributed by atoms with Crippen molar-refractivity contribution in [3.63, 3.8) is 0 Å². The SMILES string of the molecule is CC1=CN(c2ccc(S(=O)(=O)C(F)(F)F)cc2)CN1Cc1ccnc(C(=O)N(C)C)c1. The first-order chi connectivity index (χ1) is 14.4. The number of carbonyl (C=O) groups is 1. The zero-order chi connectivity index (χ0) is 23.0. The topological polar surface area (TPSA) is 73.8 Å². The van der Waals surface area contributed by atoms with Crippen LogP contribution < -0.4 is 4.90 Å². The van der Waals surface area contributed by atoms with Crippen LogP contribution in [-0.4, -0.2) is 55.4 Å². The number of aromatic nitrogens is 1. The average molecular weight is 454 g/mol. The number of benzene rings is 1. The molecule has 0 unspecified atom stereocenters. The molecule has 0 aliphatic carbocycles. The molecule has 0 bridgehead atoms. The number of halogens is 3. The first-order valence-corrected chi connectivity index (χ1v) is 10.7. The van der Waals surface area contributed by atoms with Crippen molar-refractivity contribution in [2.75, 3.05) is 25.7 Å². The summed E-state index contributed by atoms with van der Waals surface area (Å²) in [5, 5.41) is 0. The third-order valence-corrected chi connectivity index (χ3v) is 6.27. The highest BCUT2D eigenvalue weighted by molar-refractivity contribution is 7.92. The quantitative estimate of drug-likeness (QED) is 0.691. The van der Waals surface area contributed by atoms with E-state index in [9.17, 15) is 26.4 Å². The fourth-order valence-electron chi connectivity index (χ4n) is 3.06. The highest BCUT2D eigenvalue weighted by Crippen LogP contribution is 2.32. The van der Waals surface area contributed by atoms with Gasteiger partial charge in [-0.1, -0.05) is 0 Å². The lowest BCUT2D eigenvalue weighted by atomic mass is 10.2. The second-order valence-electron chi connectivity index (χ2n) is 7.27. The number of allylic oxidation sites excluding steroid dienone is 1. The largest absolute Gasteiger partial charge is 0.501 e. The van der Waals surface area contributed by atoms with Crippen molar-refractivity contribution in [1.82, 2.24) is 14.8 Å². The van der Waals surface area contributed by atoms with Gasteiger partial charge in [0.05, 0.1) is 11.6 Å². The average Bonchev–Trinajstić information content (AvgIpc) is 3.07. The number of rotatable bonds is 5. The van der Waals surface area contributed by atoms with Gasteiger partial charge in [-0.3, -0.25) is 9.78 Å². The van der Waals surface area contributed by atoms with Crippen molar-refractivity contribution in [2.24, 2.45) is 0 Å². The van der Waals surface area contributed by atoms with E-state index in [1.807, 2.05) is 18.0 Å². The molecule has 0 radical (unpaired) electrons. The molecule has 7 nitrogen and oxygen atoms in total. The van der Waals surface area contributed by atoms with Gasteiger partial charge in [0, 0.05) is 44.4 Å². The maximum atomic E-state index is 12.7. The molecule has 1 aromatic heterocycles. The van der Waals surface area contributed by atoms with E-state index in [2.05, 4.69) is 4.98 Å². The van der Waals surface area contributed by atoms with Gasteiger partial charge in [-0.15, -0.1) is 0 Å². The molecule has 0 fully saturated rings. The standard InChI is InChI=1S/C20H21F3N4O3S/c1-14-11-27(16-4-6-17(7-5-16)31(29,30)20(21,22)23)13-26(14)12-15-8-9-24-18(10-15)19(28)25(2)3/h4-11H,12-13H2,1-3H3. The summed E-state index contributed by atoms with van der Waals surface area (Å²) >= 11 is 0. The Morgan fingerprint density at radius 1 is 1.16 bits per heavy atom. The number of carbonyl (C=O) groups excluding carboxylic acids is 1. The lowest BCUT2D eigenvalue weighted by Crippen LogP contribution is -2.27. The van der Waals surface area contributed by atoms with Crippen LogP contribution in [0.5, 0.6) is 0 Å². The number of pyridine rings is 1. The first kappa shape index (κ1) is 22.6. The lowest BCUT2D eigenvalue weighted by Gasteiger charge is -2.23. The predicted octanol–water partition coefficient (Wildman–Crippen LogP) is 3.22. The zero-order valence-electron chi connectivity index (χ0n) is 17.1. The van der Waals surface area contributed by atoms with Crippen molar-refractivity contribution >= 4 is 21.4 Å². The van der Waals surface area contributed by atoms with Gasteiger partial charge in [0.25, 0.3) is 15.7 Å².